The van der Waals surface area contributed by atoms with E-state index >= 15 is 0 Å². The molecule has 0 saturated heterocycles. The van der Waals surface area contributed by atoms with Crippen LogP contribution in [0.5, 0.6) is 0 Å². The van der Waals surface area contributed by atoms with Gasteiger partial charge in [0.2, 0.25) is 11.7 Å². The molecule has 2 aromatic rings. The van der Waals surface area contributed by atoms with Gasteiger partial charge in [-0.3, -0.25) is 0 Å². The van der Waals surface area contributed by atoms with E-state index in [4.69, 9.17) is 4.52 Å². The predicted octanol–water partition coefficient (Wildman–Crippen LogP) is 3.42. The van der Waals surface area contributed by atoms with Crippen molar-refractivity contribution in [2.24, 2.45) is 5.92 Å². The molecule has 1 aromatic heterocycles. The molecule has 0 bridgehead atoms. The molecule has 2 rings (SSSR count). The molecule has 1 N–H and O–H groups in total. The summed E-state index contributed by atoms with van der Waals surface area (Å²) in [6.07, 6.45) is 0.501. The fraction of sp³-hybridized carbons (Fsp3) is 0.500. The Morgan fingerprint density at radius 1 is 1.15 bits per heavy atom. The average Bonchev–Trinajstić information content (AvgIpc) is 2.87. The normalized spacial score (nSPS) is 14.5. The van der Waals surface area contributed by atoms with Gasteiger partial charge in [-0.1, -0.05) is 50.2 Å². The van der Waals surface area contributed by atoms with Gasteiger partial charge < -0.3 is 9.63 Å². The Kier molecular flexibility index (Phi) is 4.55. The first-order valence-electron chi connectivity index (χ1n) is 7.14. The second-order valence-corrected chi connectivity index (χ2v) is 5.52. The third-order valence-corrected chi connectivity index (χ3v) is 3.59. The van der Waals surface area contributed by atoms with Crippen molar-refractivity contribution in [2.75, 3.05) is 0 Å². The van der Waals surface area contributed by atoms with Crippen LogP contribution in [-0.4, -0.2) is 21.4 Å². The summed E-state index contributed by atoms with van der Waals surface area (Å²) in [5.41, 5.74) is 2.21. The quantitative estimate of drug-likeness (QED) is 0.907. The number of aromatic nitrogens is 2. The van der Waals surface area contributed by atoms with Crippen molar-refractivity contribution in [3.8, 4) is 11.4 Å². The first kappa shape index (κ1) is 14.7. The Bertz CT molecular complexity index is 536. The van der Waals surface area contributed by atoms with Gasteiger partial charge in [0.05, 0.1) is 12.0 Å². The number of rotatable bonds is 5. The summed E-state index contributed by atoms with van der Waals surface area (Å²) in [5.74, 6) is 1.19. The summed E-state index contributed by atoms with van der Waals surface area (Å²) in [7, 11) is 0. The SMILES string of the molecule is CCc1ccc(-c2noc(C(C(C)C)C(C)O)n2)cc1. The minimum Gasteiger partial charge on any atom is -0.393 e. The summed E-state index contributed by atoms with van der Waals surface area (Å²) >= 11 is 0. The topological polar surface area (TPSA) is 59.2 Å². The fourth-order valence-corrected chi connectivity index (χ4v) is 2.43. The molecule has 0 aliphatic heterocycles. The fourth-order valence-electron chi connectivity index (χ4n) is 2.43. The molecule has 0 saturated carbocycles. The molecule has 4 heteroatoms. The molecule has 20 heavy (non-hydrogen) atoms. The van der Waals surface area contributed by atoms with E-state index in [0.717, 1.165) is 12.0 Å². The van der Waals surface area contributed by atoms with Gasteiger partial charge in [-0.25, -0.2) is 0 Å². The molecule has 0 aliphatic rings. The molecule has 4 nitrogen and oxygen atoms in total. The maximum atomic E-state index is 9.86. The standard InChI is InChI=1S/C16H22N2O2/c1-5-12-6-8-13(9-7-12)15-17-16(20-18-15)14(10(2)3)11(4)19/h6-11,14,19H,5H2,1-4H3. The minimum absolute atomic E-state index is 0.133. The van der Waals surface area contributed by atoms with E-state index in [1.807, 2.05) is 26.0 Å². The average molecular weight is 274 g/mol. The van der Waals surface area contributed by atoms with E-state index < -0.39 is 6.10 Å². The lowest BCUT2D eigenvalue weighted by atomic mass is 9.91. The van der Waals surface area contributed by atoms with Gasteiger partial charge in [0, 0.05) is 5.56 Å². The molecule has 0 radical (unpaired) electrons. The summed E-state index contributed by atoms with van der Waals surface area (Å²) in [4.78, 5) is 4.44. The predicted molar refractivity (Wildman–Crippen MR) is 78.4 cm³/mol. The van der Waals surface area contributed by atoms with E-state index in [1.54, 1.807) is 6.92 Å². The maximum Gasteiger partial charge on any atom is 0.232 e. The van der Waals surface area contributed by atoms with Gasteiger partial charge in [0.1, 0.15) is 0 Å². The Hall–Kier alpha value is -1.68. The molecular formula is C16H22N2O2. The van der Waals surface area contributed by atoms with Crippen molar-refractivity contribution in [1.82, 2.24) is 10.1 Å². The van der Waals surface area contributed by atoms with Crippen LogP contribution in [0.2, 0.25) is 0 Å². The molecule has 0 fully saturated rings. The zero-order valence-electron chi connectivity index (χ0n) is 12.5. The molecule has 108 valence electrons. The molecule has 0 amide bonds. The van der Waals surface area contributed by atoms with E-state index in [1.165, 1.54) is 5.56 Å². The van der Waals surface area contributed by atoms with Gasteiger partial charge in [-0.05, 0) is 24.8 Å². The highest BCUT2D eigenvalue weighted by Crippen LogP contribution is 2.28. The number of benzene rings is 1. The first-order valence-corrected chi connectivity index (χ1v) is 7.14. The Balaban J connectivity index is 2.27. The van der Waals surface area contributed by atoms with E-state index in [0.29, 0.717) is 11.7 Å². The van der Waals surface area contributed by atoms with E-state index in [-0.39, 0.29) is 11.8 Å². The lowest BCUT2D eigenvalue weighted by Gasteiger charge is -2.19. The second kappa shape index (κ2) is 6.18. The molecular weight excluding hydrogens is 252 g/mol. The first-order chi connectivity index (χ1) is 9.52. The van der Waals surface area contributed by atoms with Crippen LogP contribution in [0.25, 0.3) is 11.4 Å². The Morgan fingerprint density at radius 3 is 2.30 bits per heavy atom. The van der Waals surface area contributed by atoms with Crippen LogP contribution in [0.15, 0.2) is 28.8 Å². The lowest BCUT2D eigenvalue weighted by molar-refractivity contribution is 0.120. The molecule has 0 spiro atoms. The van der Waals surface area contributed by atoms with Crippen molar-refractivity contribution < 1.29 is 9.63 Å². The van der Waals surface area contributed by atoms with Crippen LogP contribution >= 0.6 is 0 Å². The van der Waals surface area contributed by atoms with E-state index in [2.05, 4.69) is 29.2 Å². The molecule has 2 atom stereocenters. The van der Waals surface area contributed by atoms with Crippen molar-refractivity contribution in [1.29, 1.82) is 0 Å². The van der Waals surface area contributed by atoms with Crippen molar-refractivity contribution in [2.45, 2.75) is 46.1 Å². The number of aliphatic hydroxyl groups is 1. The number of hydrogen-bond donors (Lipinski definition) is 1. The van der Waals surface area contributed by atoms with Crippen LogP contribution in [0.3, 0.4) is 0 Å². The molecule has 1 heterocycles. The van der Waals surface area contributed by atoms with Crippen LogP contribution < -0.4 is 0 Å². The monoisotopic (exact) mass is 274 g/mol. The van der Waals surface area contributed by atoms with Gasteiger partial charge in [-0.2, -0.15) is 4.98 Å². The van der Waals surface area contributed by atoms with Crippen molar-refractivity contribution >= 4 is 0 Å². The van der Waals surface area contributed by atoms with Crippen molar-refractivity contribution in [3.05, 3.63) is 35.7 Å². The highest BCUT2D eigenvalue weighted by molar-refractivity contribution is 5.54. The van der Waals surface area contributed by atoms with Gasteiger partial charge in [-0.15, -0.1) is 0 Å². The van der Waals surface area contributed by atoms with Crippen LogP contribution in [0, 0.1) is 5.92 Å². The molecule has 2 unspecified atom stereocenters. The summed E-state index contributed by atoms with van der Waals surface area (Å²) in [6.45, 7) is 7.95. The van der Waals surface area contributed by atoms with Crippen molar-refractivity contribution in [3.63, 3.8) is 0 Å². The van der Waals surface area contributed by atoms with Gasteiger partial charge >= 0.3 is 0 Å². The maximum absolute atomic E-state index is 9.86. The van der Waals surface area contributed by atoms with Crippen LogP contribution in [-0.2, 0) is 6.42 Å². The largest absolute Gasteiger partial charge is 0.393 e. The third-order valence-electron chi connectivity index (χ3n) is 3.59. The minimum atomic E-state index is -0.509. The van der Waals surface area contributed by atoms with E-state index in [9.17, 15) is 5.11 Å². The second-order valence-electron chi connectivity index (χ2n) is 5.52. The highest BCUT2D eigenvalue weighted by atomic mass is 16.5. The number of aryl methyl sites for hydroxylation is 1. The summed E-state index contributed by atoms with van der Waals surface area (Å²) in [5, 5.41) is 13.9. The zero-order valence-corrected chi connectivity index (χ0v) is 12.5. The van der Waals surface area contributed by atoms with Crippen LogP contribution in [0.1, 0.15) is 45.1 Å². The van der Waals surface area contributed by atoms with Gasteiger partial charge in [0.25, 0.3) is 0 Å². The van der Waals surface area contributed by atoms with Gasteiger partial charge in [0.15, 0.2) is 0 Å². The number of aliphatic hydroxyl groups excluding tert-OH is 1. The summed E-state index contributed by atoms with van der Waals surface area (Å²) < 4.78 is 5.34. The Labute approximate surface area is 119 Å². The summed E-state index contributed by atoms with van der Waals surface area (Å²) in [6, 6.07) is 8.14. The number of hydrogen-bond acceptors (Lipinski definition) is 4. The smallest absolute Gasteiger partial charge is 0.232 e. The Morgan fingerprint density at radius 2 is 1.80 bits per heavy atom. The lowest BCUT2D eigenvalue weighted by Crippen LogP contribution is -2.20. The van der Waals surface area contributed by atoms with Crippen LogP contribution in [0.4, 0.5) is 0 Å². The molecule has 1 aromatic carbocycles. The molecule has 0 aliphatic carbocycles. The third kappa shape index (κ3) is 3.07. The highest BCUT2D eigenvalue weighted by Gasteiger charge is 2.27. The zero-order chi connectivity index (χ0) is 14.7. The number of nitrogens with zero attached hydrogens (tertiary/aromatic N) is 2.